The van der Waals surface area contributed by atoms with Gasteiger partial charge in [0.1, 0.15) is 0 Å². The van der Waals surface area contributed by atoms with E-state index in [1.165, 1.54) is 16.5 Å². The van der Waals surface area contributed by atoms with E-state index in [1.54, 1.807) is 0 Å². The van der Waals surface area contributed by atoms with Gasteiger partial charge < -0.3 is 5.32 Å². The van der Waals surface area contributed by atoms with Crippen LogP contribution in [0.1, 0.15) is 43.5 Å². The van der Waals surface area contributed by atoms with Crippen molar-refractivity contribution in [1.82, 2.24) is 30.7 Å². The molecule has 4 heterocycles. The van der Waals surface area contributed by atoms with Crippen LogP contribution in [0.3, 0.4) is 0 Å². The maximum absolute atomic E-state index is 5.13. The van der Waals surface area contributed by atoms with Gasteiger partial charge in [-0.1, -0.05) is 0 Å². The molecule has 8 heteroatoms. The summed E-state index contributed by atoms with van der Waals surface area (Å²) in [5.74, 6) is 0.765. The molecular formula is C24H26N8. The standard InChI is InChI=1S/C24H26N8/c1-12-8-13(2)28-24(27-12)29-15-4-5-16-17(9-15)23(18-10-25-31-14(18)3)30-21-7-6-20-19(22(16)21)11-26-32-20/h6-7,10-12,15H,4-5,8-9H2,1-3H3,(H,25,31)(H,26,32)(H,27,29). The third kappa shape index (κ3) is 3.09. The second-order valence-corrected chi connectivity index (χ2v) is 9.06. The average Bonchev–Trinajstić information content (AvgIpc) is 3.41. The van der Waals surface area contributed by atoms with Crippen LogP contribution in [0.2, 0.25) is 0 Å². The Kier molecular flexibility index (Phi) is 4.34. The third-order valence-electron chi connectivity index (χ3n) is 6.62. The number of benzene rings is 1. The largest absolute Gasteiger partial charge is 0.352 e. The van der Waals surface area contributed by atoms with E-state index in [2.05, 4.69) is 56.7 Å². The number of aromatic nitrogens is 5. The molecule has 1 aliphatic heterocycles. The van der Waals surface area contributed by atoms with Crippen molar-refractivity contribution in [2.24, 2.45) is 9.98 Å². The minimum Gasteiger partial charge on any atom is -0.352 e. The van der Waals surface area contributed by atoms with Crippen LogP contribution in [0.5, 0.6) is 0 Å². The number of rotatable bonds is 2. The van der Waals surface area contributed by atoms with Gasteiger partial charge in [0, 0.05) is 40.2 Å². The van der Waals surface area contributed by atoms with E-state index in [9.17, 15) is 0 Å². The summed E-state index contributed by atoms with van der Waals surface area (Å²) in [5, 5.41) is 20.5. The molecule has 3 aromatic heterocycles. The van der Waals surface area contributed by atoms with E-state index < -0.39 is 0 Å². The van der Waals surface area contributed by atoms with Gasteiger partial charge in [-0.05, 0) is 63.3 Å². The predicted octanol–water partition coefficient (Wildman–Crippen LogP) is 3.87. The summed E-state index contributed by atoms with van der Waals surface area (Å²) in [7, 11) is 0. The van der Waals surface area contributed by atoms with Gasteiger partial charge in [0.2, 0.25) is 5.96 Å². The van der Waals surface area contributed by atoms with Crippen LogP contribution in [0.15, 0.2) is 34.5 Å². The van der Waals surface area contributed by atoms with Crippen molar-refractivity contribution in [2.45, 2.75) is 58.5 Å². The molecule has 162 valence electrons. The predicted molar refractivity (Wildman–Crippen MR) is 127 cm³/mol. The van der Waals surface area contributed by atoms with Gasteiger partial charge in [-0.15, -0.1) is 0 Å². The van der Waals surface area contributed by atoms with Crippen LogP contribution in [-0.2, 0) is 12.8 Å². The Morgan fingerprint density at radius 2 is 1.91 bits per heavy atom. The molecule has 6 rings (SSSR count). The Morgan fingerprint density at radius 1 is 1.03 bits per heavy atom. The highest BCUT2D eigenvalue weighted by atomic mass is 15.2. The monoisotopic (exact) mass is 426 g/mol. The Bertz CT molecular complexity index is 1410. The third-order valence-corrected chi connectivity index (χ3v) is 6.62. The van der Waals surface area contributed by atoms with Gasteiger partial charge >= 0.3 is 0 Å². The van der Waals surface area contributed by atoms with Gasteiger partial charge in [-0.2, -0.15) is 10.2 Å². The fraction of sp³-hybridized carbons (Fsp3) is 0.375. The zero-order chi connectivity index (χ0) is 21.8. The van der Waals surface area contributed by atoms with Crippen molar-refractivity contribution >= 4 is 33.5 Å². The summed E-state index contributed by atoms with van der Waals surface area (Å²) in [4.78, 5) is 14.8. The smallest absolute Gasteiger partial charge is 0.218 e. The summed E-state index contributed by atoms with van der Waals surface area (Å²) >= 11 is 0. The summed E-state index contributed by atoms with van der Waals surface area (Å²) in [6.07, 6.45) is 7.53. The second kappa shape index (κ2) is 7.25. The van der Waals surface area contributed by atoms with Crippen LogP contribution >= 0.6 is 0 Å². The topological polar surface area (TPSA) is 107 Å². The van der Waals surface area contributed by atoms with Crippen LogP contribution in [-0.4, -0.2) is 49.1 Å². The molecule has 2 aliphatic rings. The van der Waals surface area contributed by atoms with E-state index in [4.69, 9.17) is 9.98 Å². The van der Waals surface area contributed by atoms with Gasteiger partial charge in [-0.25, -0.2) is 15.0 Å². The van der Waals surface area contributed by atoms with Gasteiger partial charge in [0.05, 0.1) is 35.2 Å². The molecule has 0 spiro atoms. The molecule has 0 amide bonds. The molecule has 2 unspecified atom stereocenters. The highest BCUT2D eigenvalue weighted by Gasteiger charge is 2.27. The first-order valence-corrected chi connectivity index (χ1v) is 11.2. The van der Waals surface area contributed by atoms with Crippen LogP contribution in [0.4, 0.5) is 0 Å². The highest BCUT2D eigenvalue weighted by molar-refractivity contribution is 6.07. The number of guanidine groups is 1. The van der Waals surface area contributed by atoms with E-state index >= 15 is 0 Å². The Balaban J connectivity index is 1.52. The number of nitrogens with zero attached hydrogens (tertiary/aromatic N) is 5. The molecule has 4 aromatic rings. The number of aromatic amines is 2. The Labute approximate surface area is 185 Å². The van der Waals surface area contributed by atoms with E-state index in [0.29, 0.717) is 6.04 Å². The van der Waals surface area contributed by atoms with Gasteiger partial charge in [0.25, 0.3) is 0 Å². The molecular weight excluding hydrogens is 400 g/mol. The first-order valence-electron chi connectivity index (χ1n) is 11.2. The number of fused-ring (bicyclic) bond motifs is 5. The molecule has 3 N–H and O–H groups in total. The number of nitrogens with one attached hydrogen (secondary N) is 3. The molecule has 32 heavy (non-hydrogen) atoms. The van der Waals surface area contributed by atoms with Crippen molar-refractivity contribution in [3.05, 3.63) is 41.3 Å². The maximum atomic E-state index is 5.13. The highest BCUT2D eigenvalue weighted by Crippen LogP contribution is 2.39. The maximum Gasteiger partial charge on any atom is 0.218 e. The van der Waals surface area contributed by atoms with Gasteiger partial charge in [0.15, 0.2) is 0 Å². The summed E-state index contributed by atoms with van der Waals surface area (Å²) in [5.41, 5.74) is 8.90. The number of H-pyrrole nitrogens is 2. The molecule has 0 saturated heterocycles. The lowest BCUT2D eigenvalue weighted by Crippen LogP contribution is -2.38. The first-order chi connectivity index (χ1) is 15.6. The van der Waals surface area contributed by atoms with Crippen LogP contribution in [0.25, 0.3) is 33.1 Å². The minimum absolute atomic E-state index is 0.167. The van der Waals surface area contributed by atoms with E-state index in [0.717, 1.165) is 70.7 Å². The van der Waals surface area contributed by atoms with E-state index in [1.807, 2.05) is 19.3 Å². The second-order valence-electron chi connectivity index (χ2n) is 9.06. The number of pyridine rings is 1. The molecule has 8 nitrogen and oxygen atoms in total. The summed E-state index contributed by atoms with van der Waals surface area (Å²) in [6.45, 7) is 6.30. The molecule has 0 radical (unpaired) electrons. The lowest BCUT2D eigenvalue weighted by molar-refractivity contribution is 0.571. The lowest BCUT2D eigenvalue weighted by atomic mass is 9.83. The Morgan fingerprint density at radius 3 is 2.72 bits per heavy atom. The fourth-order valence-electron chi connectivity index (χ4n) is 5.18. The normalized spacial score (nSPS) is 22.2. The number of aryl methyl sites for hydroxylation is 2. The summed E-state index contributed by atoms with van der Waals surface area (Å²) < 4.78 is 0. The number of aliphatic imine (C=N–C) groups is 2. The van der Waals surface area contributed by atoms with Crippen molar-refractivity contribution in [3.8, 4) is 11.3 Å². The molecule has 0 bridgehead atoms. The quantitative estimate of drug-likeness (QED) is 0.452. The molecule has 1 aliphatic carbocycles. The van der Waals surface area contributed by atoms with Crippen LogP contribution < -0.4 is 5.32 Å². The Hall–Kier alpha value is -3.55. The van der Waals surface area contributed by atoms with E-state index in [-0.39, 0.29) is 6.04 Å². The van der Waals surface area contributed by atoms with Crippen molar-refractivity contribution in [3.63, 3.8) is 0 Å². The van der Waals surface area contributed by atoms with Crippen molar-refractivity contribution in [2.75, 3.05) is 0 Å². The molecule has 0 saturated carbocycles. The number of hydrogen-bond acceptors (Lipinski definition) is 4. The lowest BCUT2D eigenvalue weighted by Gasteiger charge is -2.27. The molecule has 2 atom stereocenters. The SMILES string of the molecule is CC1=NC(=NC2CCc3c(c(-c4cn[nH]c4C)nc4ccc5[nH]ncc5c34)C2)NC(C)C1. The molecule has 0 fully saturated rings. The minimum atomic E-state index is 0.167. The zero-order valence-electron chi connectivity index (χ0n) is 18.5. The van der Waals surface area contributed by atoms with Crippen molar-refractivity contribution in [1.29, 1.82) is 0 Å². The zero-order valence-corrected chi connectivity index (χ0v) is 18.5. The average molecular weight is 427 g/mol. The van der Waals surface area contributed by atoms with Crippen LogP contribution in [0, 0.1) is 6.92 Å². The molecule has 1 aromatic carbocycles. The first kappa shape index (κ1) is 19.2. The van der Waals surface area contributed by atoms with Crippen molar-refractivity contribution < 1.29 is 0 Å². The fourth-order valence-corrected chi connectivity index (χ4v) is 5.18. The summed E-state index contributed by atoms with van der Waals surface area (Å²) in [6, 6.07) is 4.68. The number of hydrogen-bond donors (Lipinski definition) is 3. The van der Waals surface area contributed by atoms with Gasteiger partial charge in [-0.3, -0.25) is 10.2 Å².